The van der Waals surface area contributed by atoms with Crippen LogP contribution < -0.4 is 10.9 Å². The number of aromatic nitrogens is 2. The summed E-state index contributed by atoms with van der Waals surface area (Å²) in [5.74, 6) is 1.09. The largest absolute Gasteiger partial charge is 0.379 e. The maximum Gasteiger partial charge on any atom is 0.263 e. The van der Waals surface area contributed by atoms with Crippen molar-refractivity contribution in [3.05, 3.63) is 39.1 Å². The Hall–Kier alpha value is -2.07. The van der Waals surface area contributed by atoms with Crippen LogP contribution in [0.3, 0.4) is 0 Å². The van der Waals surface area contributed by atoms with Gasteiger partial charge in [0.15, 0.2) is 0 Å². The summed E-state index contributed by atoms with van der Waals surface area (Å²) < 4.78 is 7.06. The average Bonchev–Trinajstić information content (AvgIpc) is 3.52. The minimum Gasteiger partial charge on any atom is -0.379 e. The van der Waals surface area contributed by atoms with Gasteiger partial charge in [0.05, 0.1) is 25.1 Å². The molecule has 0 bridgehead atoms. The molecule has 0 spiro atoms. The van der Waals surface area contributed by atoms with Crippen LogP contribution >= 0.6 is 22.7 Å². The van der Waals surface area contributed by atoms with Gasteiger partial charge >= 0.3 is 0 Å². The molecule has 3 aromatic rings. The molecule has 0 aromatic carbocycles. The Labute approximate surface area is 201 Å². The van der Waals surface area contributed by atoms with Crippen LogP contribution in [0.5, 0.6) is 0 Å². The smallest absolute Gasteiger partial charge is 0.263 e. The first-order valence-electron chi connectivity index (χ1n) is 11.8. The van der Waals surface area contributed by atoms with Crippen molar-refractivity contribution in [1.29, 1.82) is 0 Å². The molecule has 5 rings (SSSR count). The second-order valence-corrected chi connectivity index (χ2v) is 10.7. The summed E-state index contributed by atoms with van der Waals surface area (Å²) in [6, 6.07) is 4.01. The van der Waals surface area contributed by atoms with Gasteiger partial charge in [-0.1, -0.05) is 25.3 Å². The molecule has 0 radical (unpaired) electrons. The summed E-state index contributed by atoms with van der Waals surface area (Å²) in [5.41, 5.74) is 0.789. The van der Waals surface area contributed by atoms with Gasteiger partial charge in [-0.2, -0.15) is 0 Å². The fourth-order valence-electron chi connectivity index (χ4n) is 4.77. The number of hydrogen-bond donors (Lipinski definition) is 1. The minimum absolute atomic E-state index is 0.00783. The van der Waals surface area contributed by atoms with E-state index in [2.05, 4.69) is 10.2 Å². The molecule has 176 valence electrons. The van der Waals surface area contributed by atoms with Crippen LogP contribution in [0.1, 0.15) is 37.9 Å². The zero-order valence-electron chi connectivity index (χ0n) is 18.8. The van der Waals surface area contributed by atoms with E-state index in [1.807, 2.05) is 22.9 Å². The third kappa shape index (κ3) is 5.21. The van der Waals surface area contributed by atoms with Gasteiger partial charge in [-0.3, -0.25) is 19.1 Å². The minimum atomic E-state index is -0.124. The normalized spacial score (nSPS) is 18.1. The van der Waals surface area contributed by atoms with Crippen molar-refractivity contribution in [1.82, 2.24) is 19.8 Å². The fourth-order valence-corrected chi connectivity index (χ4v) is 6.54. The van der Waals surface area contributed by atoms with Gasteiger partial charge in [0, 0.05) is 35.5 Å². The van der Waals surface area contributed by atoms with E-state index >= 15 is 0 Å². The number of carbonyl (C=O) groups is 1. The first kappa shape index (κ1) is 22.7. The van der Waals surface area contributed by atoms with Crippen molar-refractivity contribution in [2.24, 2.45) is 5.92 Å². The lowest BCUT2D eigenvalue weighted by molar-refractivity contribution is -0.122. The van der Waals surface area contributed by atoms with Crippen molar-refractivity contribution in [3.63, 3.8) is 0 Å². The number of fused-ring (bicyclic) bond motifs is 1. The standard InChI is InChI=1S/C24H30N4O3S2/c29-21(25-13-17-5-2-1-3-6-17)15-28-20(14-27-8-10-31-11-9-27)26-23-22(24(28)30)18(16-33-23)19-7-4-12-32-19/h4,7,12,16-17H,1-3,5-6,8-11,13-15H2,(H,25,29). The Kier molecular flexibility index (Phi) is 7.20. The van der Waals surface area contributed by atoms with Gasteiger partial charge < -0.3 is 10.1 Å². The molecule has 7 nitrogen and oxygen atoms in total. The predicted molar refractivity (Wildman–Crippen MR) is 133 cm³/mol. The Morgan fingerprint density at radius 2 is 2.00 bits per heavy atom. The molecule has 0 atom stereocenters. The topological polar surface area (TPSA) is 76.5 Å². The number of carbonyl (C=O) groups excluding carboxylic acids is 1. The number of hydrogen-bond acceptors (Lipinski definition) is 7. The number of amides is 1. The molecule has 2 aliphatic rings. The molecule has 1 N–H and O–H groups in total. The van der Waals surface area contributed by atoms with Crippen molar-refractivity contribution in [2.45, 2.75) is 45.2 Å². The van der Waals surface area contributed by atoms with Crippen LogP contribution in [0.4, 0.5) is 0 Å². The molecule has 4 heterocycles. The third-order valence-corrected chi connectivity index (χ3v) is 8.42. The van der Waals surface area contributed by atoms with Gasteiger partial charge in [0.25, 0.3) is 5.56 Å². The molecule has 1 aliphatic carbocycles. The second-order valence-electron chi connectivity index (χ2n) is 8.92. The van der Waals surface area contributed by atoms with E-state index in [-0.39, 0.29) is 18.0 Å². The Morgan fingerprint density at radius 1 is 1.18 bits per heavy atom. The number of nitrogens with zero attached hydrogens (tertiary/aromatic N) is 3. The molecular formula is C24H30N4O3S2. The molecule has 1 saturated heterocycles. The molecule has 1 saturated carbocycles. The van der Waals surface area contributed by atoms with Crippen LogP contribution in [0, 0.1) is 5.92 Å². The quantitative estimate of drug-likeness (QED) is 0.551. The van der Waals surface area contributed by atoms with Gasteiger partial charge in [-0.05, 0) is 30.2 Å². The van der Waals surface area contributed by atoms with Crippen molar-refractivity contribution < 1.29 is 9.53 Å². The van der Waals surface area contributed by atoms with E-state index in [0.29, 0.717) is 43.4 Å². The molecule has 2 fully saturated rings. The van der Waals surface area contributed by atoms with Gasteiger partial charge in [0.2, 0.25) is 5.91 Å². The maximum atomic E-state index is 13.7. The van der Waals surface area contributed by atoms with E-state index in [4.69, 9.17) is 9.72 Å². The maximum absolute atomic E-state index is 13.7. The van der Waals surface area contributed by atoms with Crippen LogP contribution in [0.15, 0.2) is 27.7 Å². The van der Waals surface area contributed by atoms with Crippen molar-refractivity contribution in [2.75, 3.05) is 32.8 Å². The first-order chi connectivity index (χ1) is 16.2. The Morgan fingerprint density at radius 3 is 2.76 bits per heavy atom. The van der Waals surface area contributed by atoms with Crippen molar-refractivity contribution in [3.8, 4) is 10.4 Å². The molecule has 1 amide bonds. The molecule has 0 unspecified atom stereocenters. The van der Waals surface area contributed by atoms with Crippen molar-refractivity contribution >= 4 is 38.8 Å². The summed E-state index contributed by atoms with van der Waals surface area (Å²) >= 11 is 3.11. The van der Waals surface area contributed by atoms with Gasteiger partial charge in [0.1, 0.15) is 17.2 Å². The van der Waals surface area contributed by atoms with Crippen LogP contribution in [0.2, 0.25) is 0 Å². The van der Waals surface area contributed by atoms with Crippen LogP contribution in [0.25, 0.3) is 20.7 Å². The summed E-state index contributed by atoms with van der Waals surface area (Å²) in [4.78, 5) is 35.5. The van der Waals surface area contributed by atoms with E-state index in [9.17, 15) is 9.59 Å². The summed E-state index contributed by atoms with van der Waals surface area (Å²) in [6.07, 6.45) is 6.13. The number of ether oxygens (including phenoxy) is 1. The monoisotopic (exact) mass is 486 g/mol. The Balaban J connectivity index is 1.44. The van der Waals surface area contributed by atoms with E-state index in [1.165, 1.54) is 43.4 Å². The molecule has 3 aromatic heterocycles. The SMILES string of the molecule is O=C(Cn1c(CN2CCOCC2)nc2scc(-c3cccs3)c2c1=O)NCC1CCCCC1. The summed E-state index contributed by atoms with van der Waals surface area (Å²) in [5, 5.41) is 7.73. The van der Waals surface area contributed by atoms with E-state index in [1.54, 1.807) is 15.9 Å². The molecule has 33 heavy (non-hydrogen) atoms. The second kappa shape index (κ2) is 10.5. The Bertz CT molecular complexity index is 1140. The molecule has 1 aliphatic heterocycles. The number of thiophene rings is 2. The molecule has 9 heteroatoms. The average molecular weight is 487 g/mol. The van der Waals surface area contributed by atoms with Gasteiger partial charge in [-0.25, -0.2) is 4.98 Å². The lowest BCUT2D eigenvalue weighted by Gasteiger charge is -2.27. The predicted octanol–water partition coefficient (Wildman–Crippen LogP) is 3.72. The highest BCUT2D eigenvalue weighted by atomic mass is 32.1. The summed E-state index contributed by atoms with van der Waals surface area (Å²) in [7, 11) is 0. The zero-order chi connectivity index (χ0) is 22.6. The zero-order valence-corrected chi connectivity index (χ0v) is 20.4. The first-order valence-corrected chi connectivity index (χ1v) is 13.6. The summed E-state index contributed by atoms with van der Waals surface area (Å²) in [6.45, 7) is 4.19. The van der Waals surface area contributed by atoms with Gasteiger partial charge in [-0.15, -0.1) is 22.7 Å². The lowest BCUT2D eigenvalue weighted by Crippen LogP contribution is -2.40. The fraction of sp³-hybridized carbons (Fsp3) is 0.542. The highest BCUT2D eigenvalue weighted by Crippen LogP contribution is 2.33. The number of nitrogens with one attached hydrogen (secondary N) is 1. The molecular weight excluding hydrogens is 456 g/mol. The lowest BCUT2D eigenvalue weighted by atomic mass is 9.89. The number of morpholine rings is 1. The van der Waals surface area contributed by atoms with E-state index < -0.39 is 0 Å². The van der Waals surface area contributed by atoms with Crippen LogP contribution in [-0.2, 0) is 22.6 Å². The van der Waals surface area contributed by atoms with E-state index in [0.717, 1.165) is 28.4 Å². The highest BCUT2D eigenvalue weighted by Gasteiger charge is 2.22. The third-order valence-electron chi connectivity index (χ3n) is 6.64. The van der Waals surface area contributed by atoms with Crippen LogP contribution in [-0.4, -0.2) is 53.2 Å². The number of rotatable bonds is 7. The highest BCUT2D eigenvalue weighted by molar-refractivity contribution is 7.18.